The van der Waals surface area contributed by atoms with Gasteiger partial charge in [-0.3, -0.25) is 0 Å². The third-order valence-electron chi connectivity index (χ3n) is 12.2. The van der Waals surface area contributed by atoms with E-state index in [0.29, 0.717) is 13.2 Å². The molecule has 0 saturated heterocycles. The van der Waals surface area contributed by atoms with Gasteiger partial charge in [-0.25, -0.2) is 9.59 Å². The number of esters is 2. The zero-order chi connectivity index (χ0) is 53.4. The predicted octanol–water partition coefficient (Wildman–Crippen LogP) is 16.9. The Morgan fingerprint density at radius 2 is 0.603 bits per heavy atom. The molecule has 0 fully saturated rings. The van der Waals surface area contributed by atoms with Gasteiger partial charge in [0.1, 0.15) is 0 Å². The number of carboxylic acids is 2. The van der Waals surface area contributed by atoms with Gasteiger partial charge < -0.3 is 29.3 Å². The fraction of sp³-hybridized carbons (Fsp3) is 0.656. The smallest absolute Gasteiger partial charge is 0.545 e. The summed E-state index contributed by atoms with van der Waals surface area (Å²) in [6.45, 7) is 17.2. The Bertz CT molecular complexity index is 1470. The number of allylic oxidation sites excluding steroid dienone is 4. The normalized spacial score (nSPS) is 10.6. The molecule has 0 atom stereocenters. The number of aromatic carboxylic acids is 2. The van der Waals surface area contributed by atoms with Crippen LogP contribution in [0.25, 0.3) is 0 Å². The fourth-order valence-corrected chi connectivity index (χ4v) is 7.72. The first-order valence-corrected chi connectivity index (χ1v) is 29.0. The van der Waals surface area contributed by atoms with Crippen molar-refractivity contribution in [3.63, 3.8) is 0 Å². The largest absolute Gasteiger partial charge is 2.00 e. The number of carboxylic acid groups (broad SMARTS) is 2. The molecule has 0 saturated carbocycles. The van der Waals surface area contributed by atoms with Crippen molar-refractivity contribution in [3.05, 3.63) is 109 Å². The molecule has 2 aromatic carbocycles. The van der Waals surface area contributed by atoms with Crippen LogP contribution in [-0.2, 0) is 9.47 Å². The average molecular weight is 1120 g/mol. The van der Waals surface area contributed by atoms with E-state index in [1.807, 2.05) is 0 Å². The summed E-state index contributed by atoms with van der Waals surface area (Å²) in [5, 5.41) is 22.0. The first-order valence-electron chi connectivity index (χ1n) is 29.0. The van der Waals surface area contributed by atoms with Gasteiger partial charge in [-0.2, -0.15) is 0 Å². The predicted molar refractivity (Wildman–Crippen MR) is 306 cm³/mol. The number of carbonyl (C=O) groups is 4. The summed E-state index contributed by atoms with van der Waals surface area (Å²) in [5.74, 6) is -3.93. The molecular formula is C64H104O8Sn. The molecule has 0 heterocycles. The minimum atomic E-state index is -1.36. The van der Waals surface area contributed by atoms with Crippen molar-refractivity contribution in [1.29, 1.82) is 0 Å². The van der Waals surface area contributed by atoms with Gasteiger partial charge in [0.25, 0.3) is 0 Å². The molecule has 0 aliphatic rings. The van der Waals surface area contributed by atoms with E-state index >= 15 is 0 Å². The third-order valence-corrected chi connectivity index (χ3v) is 12.2. The number of carbonyl (C=O) groups excluding carboxylic acids is 4. The Kier molecular flexibility index (Phi) is 60.2. The number of rotatable bonds is 42. The van der Waals surface area contributed by atoms with Crippen LogP contribution in [0, 0.1) is 13.8 Å². The number of hydrogen-bond acceptors (Lipinski definition) is 8. The van der Waals surface area contributed by atoms with Crippen molar-refractivity contribution in [2.24, 2.45) is 0 Å². The Morgan fingerprint density at radius 1 is 0.370 bits per heavy atom. The van der Waals surface area contributed by atoms with Crippen molar-refractivity contribution in [2.75, 3.05) is 13.2 Å². The summed E-state index contributed by atoms with van der Waals surface area (Å²) in [4.78, 5) is 46.0. The van der Waals surface area contributed by atoms with E-state index in [1.165, 1.54) is 178 Å². The van der Waals surface area contributed by atoms with Crippen LogP contribution < -0.4 is 10.2 Å². The van der Waals surface area contributed by atoms with Crippen LogP contribution in [0.15, 0.2) is 72.8 Å². The average Bonchev–Trinajstić information content (AvgIpc) is 3.39. The summed E-state index contributed by atoms with van der Waals surface area (Å²) in [6.07, 6.45) is 53.9. The number of benzene rings is 2. The number of hydrogen-bond donors (Lipinski definition) is 0. The second kappa shape index (κ2) is 59.5. The third kappa shape index (κ3) is 49.3. The van der Waals surface area contributed by atoms with Crippen LogP contribution in [0.1, 0.15) is 300 Å². The van der Waals surface area contributed by atoms with Crippen LogP contribution in [-0.4, -0.2) is 61.0 Å². The van der Waals surface area contributed by atoms with E-state index in [0.717, 1.165) is 77.0 Å². The summed E-state index contributed by atoms with van der Waals surface area (Å²) in [7, 11) is 0. The van der Waals surface area contributed by atoms with Crippen LogP contribution in [0.5, 0.6) is 0 Å². The molecule has 9 heteroatoms. The molecule has 0 aliphatic heterocycles. The second-order valence-electron chi connectivity index (χ2n) is 18.9. The van der Waals surface area contributed by atoms with Crippen LogP contribution >= 0.6 is 0 Å². The van der Waals surface area contributed by atoms with Gasteiger partial charge >= 0.3 is 35.8 Å². The summed E-state index contributed by atoms with van der Waals surface area (Å²) < 4.78 is 10.4. The van der Waals surface area contributed by atoms with Crippen molar-refractivity contribution < 1.29 is 38.9 Å². The molecule has 73 heavy (non-hydrogen) atoms. The van der Waals surface area contributed by atoms with Gasteiger partial charge in [0.15, 0.2) is 0 Å². The van der Waals surface area contributed by atoms with Crippen molar-refractivity contribution in [1.82, 2.24) is 0 Å². The Morgan fingerprint density at radius 3 is 0.863 bits per heavy atom. The molecule has 2 rings (SSSR count). The minimum absolute atomic E-state index is 0. The molecule has 4 radical (unpaired) electrons. The molecular weight excluding hydrogens is 1020 g/mol. The fourth-order valence-electron chi connectivity index (χ4n) is 7.72. The van der Waals surface area contributed by atoms with Gasteiger partial charge in [0, 0.05) is 11.1 Å². The van der Waals surface area contributed by atoms with Crippen LogP contribution in [0.4, 0.5) is 0 Å². The van der Waals surface area contributed by atoms with Gasteiger partial charge in [0.2, 0.25) is 0 Å². The van der Waals surface area contributed by atoms with Gasteiger partial charge in [-0.05, 0) is 76.3 Å². The summed E-state index contributed by atoms with van der Waals surface area (Å²) in [6, 6.07) is 12.0. The first kappa shape index (κ1) is 73.8. The summed E-state index contributed by atoms with van der Waals surface area (Å²) in [5.41, 5.74) is -0.142. The number of unbranched alkanes of at least 4 members (excludes halogenated alkanes) is 30. The second-order valence-corrected chi connectivity index (χ2v) is 18.9. The molecule has 2 aromatic rings. The standard InChI is InChI=1S/2C24H36O4.2C8H17.Sn/c2*1-2-3-4-5-6-7-8-9-10-11-12-13-14-17-20-28-24(27)22-19-16-15-18-21(22)23(25)26;2*1-3-5-7-8-6-4-2;/h2*9-10,15-16,18-19H,2-8,11-14,17,20H2,1H3,(H,25,26);2*1,3-8H2,2H3;/q;;;;+2/p-2/b2*10-9+;;;. The van der Waals surface area contributed by atoms with Crippen LogP contribution in [0.3, 0.4) is 0 Å². The topological polar surface area (TPSA) is 133 Å². The molecule has 8 nitrogen and oxygen atoms in total. The maximum atomic E-state index is 12.0. The van der Waals surface area contributed by atoms with Crippen molar-refractivity contribution in [2.45, 2.75) is 259 Å². The molecule has 0 aromatic heterocycles. The number of ether oxygens (including phenoxy) is 2. The SMILES string of the molecule is CCCCCCCC/C=C/CCCCCCOC(=O)c1ccccc1C(=O)[O-].CCCCCCCC/C=C/CCCCCCOC(=O)c1ccccc1C(=O)[O-].[CH2]CCCCCCC.[CH2]CCCCCCC.[Sn+2]. The maximum absolute atomic E-state index is 12.0. The Hall–Kier alpha value is -3.40. The van der Waals surface area contributed by atoms with Gasteiger partial charge in [-0.1, -0.05) is 269 Å². The zero-order valence-electron chi connectivity index (χ0n) is 47.0. The quantitative estimate of drug-likeness (QED) is 0.0278. The molecule has 412 valence electrons. The molecule has 0 aliphatic carbocycles. The minimum Gasteiger partial charge on any atom is -0.545 e. The monoisotopic (exact) mass is 1120 g/mol. The van der Waals surface area contributed by atoms with Crippen molar-refractivity contribution in [3.8, 4) is 0 Å². The van der Waals surface area contributed by atoms with Crippen LogP contribution in [0.2, 0.25) is 0 Å². The van der Waals surface area contributed by atoms with E-state index < -0.39 is 23.9 Å². The summed E-state index contributed by atoms with van der Waals surface area (Å²) >= 11 is 0. The van der Waals surface area contributed by atoms with E-state index in [2.05, 4.69) is 65.8 Å². The van der Waals surface area contributed by atoms with Crippen molar-refractivity contribution >= 4 is 47.8 Å². The molecule has 0 amide bonds. The Balaban J connectivity index is -0.00000102. The van der Waals surface area contributed by atoms with Gasteiger partial charge in [-0.15, -0.1) is 0 Å². The molecule has 0 unspecified atom stereocenters. The van der Waals surface area contributed by atoms with E-state index in [1.54, 1.807) is 24.3 Å². The molecule has 0 bridgehead atoms. The maximum Gasteiger partial charge on any atom is 2.00 e. The molecule has 0 N–H and O–H groups in total. The van der Waals surface area contributed by atoms with E-state index in [-0.39, 0.29) is 46.2 Å². The van der Waals surface area contributed by atoms with E-state index in [4.69, 9.17) is 9.47 Å². The van der Waals surface area contributed by atoms with Gasteiger partial charge in [0.05, 0.1) is 36.3 Å². The van der Waals surface area contributed by atoms with E-state index in [9.17, 15) is 29.4 Å². The first-order chi connectivity index (χ1) is 35.2. The molecule has 0 spiro atoms. The Labute approximate surface area is 465 Å². The zero-order valence-corrected chi connectivity index (χ0v) is 49.8.